The van der Waals surface area contributed by atoms with Gasteiger partial charge in [0.2, 0.25) is 0 Å². The summed E-state index contributed by atoms with van der Waals surface area (Å²) in [6.07, 6.45) is 1.81. The zero-order valence-electron chi connectivity index (χ0n) is 8.01. The highest BCUT2D eigenvalue weighted by molar-refractivity contribution is 7.05. The highest BCUT2D eigenvalue weighted by atomic mass is 32.1. The molecule has 1 heterocycles. The molecule has 0 unspecified atom stereocenters. The Morgan fingerprint density at radius 1 is 1.33 bits per heavy atom. The molecule has 15 heavy (non-hydrogen) atoms. The van der Waals surface area contributed by atoms with Crippen molar-refractivity contribution in [2.45, 2.75) is 6.54 Å². The summed E-state index contributed by atoms with van der Waals surface area (Å²) in [7, 11) is 0. The third-order valence-electron chi connectivity index (χ3n) is 1.86. The number of aromatic amines is 1. The minimum atomic E-state index is -0.0510. The van der Waals surface area contributed by atoms with Crippen molar-refractivity contribution >= 4 is 17.7 Å². The first-order valence-electron chi connectivity index (χ1n) is 4.57. The Morgan fingerprint density at radius 2 is 2.13 bits per heavy atom. The monoisotopic (exact) mass is 218 g/mol. The predicted molar refractivity (Wildman–Crippen MR) is 62.7 cm³/mol. The maximum Gasteiger partial charge on any atom is 0.258 e. The van der Waals surface area contributed by atoms with E-state index < -0.39 is 0 Å². The minimum Gasteiger partial charge on any atom is -0.287 e. The molecule has 1 aromatic heterocycles. The second-order valence-electron chi connectivity index (χ2n) is 3.06. The van der Waals surface area contributed by atoms with Crippen LogP contribution in [0.2, 0.25) is 0 Å². The normalized spacial score (nSPS) is 10.9. The molecule has 76 valence electrons. The van der Waals surface area contributed by atoms with Crippen molar-refractivity contribution in [2.24, 2.45) is 4.99 Å². The molecule has 1 N–H and O–H groups in total. The van der Waals surface area contributed by atoms with Crippen molar-refractivity contribution in [1.82, 2.24) is 4.37 Å². The van der Waals surface area contributed by atoms with Gasteiger partial charge in [-0.3, -0.25) is 14.2 Å². The Hall–Kier alpha value is -1.68. The summed E-state index contributed by atoms with van der Waals surface area (Å²) in [6, 6.07) is 11.5. The number of benzene rings is 1. The average molecular weight is 218 g/mol. The van der Waals surface area contributed by atoms with Crippen LogP contribution in [-0.4, -0.2) is 10.6 Å². The molecule has 0 fully saturated rings. The fraction of sp³-hybridized carbons (Fsp3) is 0.0909. The molecule has 2 rings (SSSR count). The molecule has 4 heteroatoms. The highest BCUT2D eigenvalue weighted by Crippen LogP contribution is 2.02. The fourth-order valence-electron chi connectivity index (χ4n) is 1.18. The number of H-pyrrole nitrogens is 1. The number of rotatable bonds is 3. The van der Waals surface area contributed by atoms with Gasteiger partial charge in [-0.05, 0) is 5.56 Å². The van der Waals surface area contributed by atoms with Gasteiger partial charge in [0, 0.05) is 17.2 Å². The Morgan fingerprint density at radius 3 is 2.80 bits per heavy atom. The van der Waals surface area contributed by atoms with E-state index in [1.165, 1.54) is 11.5 Å². The van der Waals surface area contributed by atoms with Crippen molar-refractivity contribution in [3.8, 4) is 0 Å². The van der Waals surface area contributed by atoms with Gasteiger partial charge in [-0.25, -0.2) is 0 Å². The van der Waals surface area contributed by atoms with Crippen molar-refractivity contribution in [1.29, 1.82) is 0 Å². The molecule has 0 saturated carbocycles. The lowest BCUT2D eigenvalue weighted by molar-refractivity contribution is 1.11. The maximum absolute atomic E-state index is 10.8. The van der Waals surface area contributed by atoms with E-state index in [0.717, 1.165) is 10.4 Å². The summed E-state index contributed by atoms with van der Waals surface area (Å²) in [5.41, 5.74) is 1.02. The van der Waals surface area contributed by atoms with Crippen LogP contribution in [0.5, 0.6) is 0 Å². The molecule has 1 aromatic carbocycles. The summed E-state index contributed by atoms with van der Waals surface area (Å²) >= 11 is 1.33. The topological polar surface area (TPSA) is 45.2 Å². The molecule has 0 saturated heterocycles. The molecule has 0 spiro atoms. The number of hydrogen-bond donors (Lipinski definition) is 1. The van der Waals surface area contributed by atoms with E-state index in [0.29, 0.717) is 6.54 Å². The second-order valence-corrected chi connectivity index (χ2v) is 3.99. The first-order chi connectivity index (χ1) is 7.34. The van der Waals surface area contributed by atoms with Gasteiger partial charge in [0.1, 0.15) is 0 Å². The van der Waals surface area contributed by atoms with Gasteiger partial charge in [-0.1, -0.05) is 41.9 Å². The molecular formula is C11H10N2OS. The lowest BCUT2D eigenvalue weighted by Gasteiger charge is -1.90. The largest absolute Gasteiger partial charge is 0.287 e. The van der Waals surface area contributed by atoms with E-state index in [4.69, 9.17) is 0 Å². The quantitative estimate of drug-likeness (QED) is 0.787. The van der Waals surface area contributed by atoms with Gasteiger partial charge in [0.05, 0.1) is 6.54 Å². The molecule has 0 amide bonds. The fourth-order valence-corrected chi connectivity index (χ4v) is 1.77. The summed E-state index contributed by atoms with van der Waals surface area (Å²) in [4.78, 5) is 16.0. The third kappa shape index (κ3) is 2.89. The lowest BCUT2D eigenvalue weighted by atomic mass is 10.2. The van der Waals surface area contributed by atoms with Gasteiger partial charge >= 0.3 is 0 Å². The Kier molecular flexibility index (Phi) is 3.09. The number of aromatic nitrogens is 1. The van der Waals surface area contributed by atoms with E-state index in [2.05, 4.69) is 9.37 Å². The maximum atomic E-state index is 10.8. The van der Waals surface area contributed by atoms with E-state index in [1.807, 2.05) is 36.5 Å². The van der Waals surface area contributed by atoms with E-state index >= 15 is 0 Å². The minimum absolute atomic E-state index is 0.0510. The molecule has 0 radical (unpaired) electrons. The Bertz CT molecular complexity index is 499. The molecule has 0 bridgehead atoms. The average Bonchev–Trinajstić information content (AvgIpc) is 2.66. The zero-order valence-corrected chi connectivity index (χ0v) is 8.83. The van der Waals surface area contributed by atoms with Crippen LogP contribution in [0, 0.1) is 0 Å². The summed E-state index contributed by atoms with van der Waals surface area (Å²) in [5.74, 6) is 0. The third-order valence-corrected chi connectivity index (χ3v) is 2.67. The van der Waals surface area contributed by atoms with Crippen molar-refractivity contribution in [3.63, 3.8) is 0 Å². The van der Waals surface area contributed by atoms with Crippen LogP contribution >= 0.6 is 11.5 Å². The first kappa shape index (κ1) is 9.86. The van der Waals surface area contributed by atoms with Crippen LogP contribution in [0.25, 0.3) is 0 Å². The molecular weight excluding hydrogens is 208 g/mol. The summed E-state index contributed by atoms with van der Waals surface area (Å²) < 4.78 is 2.63. The van der Waals surface area contributed by atoms with Crippen LogP contribution in [0.1, 0.15) is 10.4 Å². The summed E-state index contributed by atoms with van der Waals surface area (Å²) in [6.45, 7) is 0.554. The van der Waals surface area contributed by atoms with E-state index in [-0.39, 0.29) is 5.56 Å². The van der Waals surface area contributed by atoms with Gasteiger partial charge < -0.3 is 0 Å². The smallest absolute Gasteiger partial charge is 0.258 e. The predicted octanol–water partition coefficient (Wildman–Crippen LogP) is 2.06. The standard InChI is InChI=1S/C11H10N2OS/c14-11-6-10(15-13-11)8-12-7-9-4-2-1-3-5-9/h1-7H,8H2,(H,13,14). The summed E-state index contributed by atoms with van der Waals surface area (Å²) in [5, 5.41) is 0. The molecule has 2 aromatic rings. The highest BCUT2D eigenvalue weighted by Gasteiger charge is 1.93. The van der Waals surface area contributed by atoms with Crippen LogP contribution < -0.4 is 5.56 Å². The molecule has 0 aliphatic heterocycles. The van der Waals surface area contributed by atoms with Crippen LogP contribution in [0.3, 0.4) is 0 Å². The van der Waals surface area contributed by atoms with Crippen LogP contribution in [0.15, 0.2) is 46.2 Å². The van der Waals surface area contributed by atoms with E-state index in [9.17, 15) is 4.79 Å². The number of nitrogens with zero attached hydrogens (tertiary/aromatic N) is 1. The SMILES string of the molecule is O=c1cc(CN=Cc2ccccc2)s[nH]1. The first-order valence-corrected chi connectivity index (χ1v) is 5.38. The lowest BCUT2D eigenvalue weighted by Crippen LogP contribution is -1.92. The number of nitrogens with one attached hydrogen (secondary N) is 1. The zero-order chi connectivity index (χ0) is 10.5. The van der Waals surface area contributed by atoms with E-state index in [1.54, 1.807) is 6.07 Å². The van der Waals surface area contributed by atoms with Gasteiger partial charge in [0.25, 0.3) is 5.56 Å². The second kappa shape index (κ2) is 4.70. The Labute approximate surface area is 91.3 Å². The van der Waals surface area contributed by atoms with Gasteiger partial charge in [0.15, 0.2) is 0 Å². The van der Waals surface area contributed by atoms with Crippen molar-refractivity contribution in [3.05, 3.63) is 57.2 Å². The van der Waals surface area contributed by atoms with Crippen LogP contribution in [-0.2, 0) is 6.54 Å². The van der Waals surface area contributed by atoms with Gasteiger partial charge in [-0.15, -0.1) is 0 Å². The van der Waals surface area contributed by atoms with Crippen LogP contribution in [0.4, 0.5) is 0 Å². The molecule has 0 aliphatic carbocycles. The van der Waals surface area contributed by atoms with Crippen molar-refractivity contribution in [2.75, 3.05) is 0 Å². The van der Waals surface area contributed by atoms with Crippen molar-refractivity contribution < 1.29 is 0 Å². The Balaban J connectivity index is 1.99. The molecule has 3 nitrogen and oxygen atoms in total. The molecule has 0 atom stereocenters. The van der Waals surface area contributed by atoms with Gasteiger partial charge in [-0.2, -0.15) is 0 Å². The number of hydrogen-bond acceptors (Lipinski definition) is 3. The molecule has 0 aliphatic rings. The number of aliphatic imine (C=N–C) groups is 1.